The third-order valence-corrected chi connectivity index (χ3v) is 3.23. The summed E-state index contributed by atoms with van der Waals surface area (Å²) in [7, 11) is 0. The molecule has 2 N–H and O–H groups in total. The van der Waals surface area contributed by atoms with Crippen molar-refractivity contribution in [3.05, 3.63) is 24.3 Å². The van der Waals surface area contributed by atoms with Gasteiger partial charge in [-0.25, -0.2) is 4.79 Å². The maximum atomic E-state index is 11.9. The molecular weight excluding hydrogens is 246 g/mol. The molecule has 0 spiro atoms. The van der Waals surface area contributed by atoms with Crippen LogP contribution in [0.15, 0.2) is 24.3 Å². The highest BCUT2D eigenvalue weighted by Gasteiger charge is 2.32. The molecule has 1 unspecified atom stereocenters. The van der Waals surface area contributed by atoms with Gasteiger partial charge in [0.2, 0.25) is 5.91 Å². The van der Waals surface area contributed by atoms with Crippen LogP contribution in [0.3, 0.4) is 0 Å². The van der Waals surface area contributed by atoms with Gasteiger partial charge in [-0.2, -0.15) is 0 Å². The first-order valence-electron chi connectivity index (χ1n) is 6.32. The lowest BCUT2D eigenvalue weighted by Gasteiger charge is -2.11. The van der Waals surface area contributed by atoms with Crippen LogP contribution in [0.5, 0.6) is 5.75 Å². The summed E-state index contributed by atoms with van der Waals surface area (Å²) in [6.07, 6.45) is 2.27. The molecule has 1 aliphatic carbocycles. The normalized spacial score (nSPS) is 15.6. The molecule has 0 radical (unpaired) electrons. The van der Waals surface area contributed by atoms with Gasteiger partial charge in [-0.3, -0.25) is 4.79 Å². The molecule has 0 bridgehead atoms. The molecule has 1 aromatic carbocycles. The predicted molar refractivity (Wildman–Crippen MR) is 70.1 cm³/mol. The molecular formula is C14H17NO4. The Balaban J connectivity index is 1.87. The van der Waals surface area contributed by atoms with E-state index in [9.17, 15) is 9.59 Å². The highest BCUT2D eigenvalue weighted by molar-refractivity contribution is 5.92. The van der Waals surface area contributed by atoms with Gasteiger partial charge >= 0.3 is 5.97 Å². The van der Waals surface area contributed by atoms with E-state index in [4.69, 9.17) is 9.84 Å². The Kier molecular flexibility index (Phi) is 4.04. The summed E-state index contributed by atoms with van der Waals surface area (Å²) in [4.78, 5) is 22.2. The maximum absolute atomic E-state index is 11.9. The number of nitrogens with one attached hydrogen (secondary N) is 1. The average Bonchev–Trinajstić information content (AvgIpc) is 3.21. The van der Waals surface area contributed by atoms with Crippen LogP contribution in [0, 0.1) is 11.8 Å². The molecule has 1 fully saturated rings. The van der Waals surface area contributed by atoms with Crippen molar-refractivity contribution in [2.45, 2.75) is 19.8 Å². The summed E-state index contributed by atoms with van der Waals surface area (Å²) in [6, 6.07) is 6.68. The quantitative estimate of drug-likeness (QED) is 0.824. The lowest BCUT2D eigenvalue weighted by molar-refractivity contribution is -0.139. The van der Waals surface area contributed by atoms with Gasteiger partial charge in [-0.1, -0.05) is 6.92 Å². The molecule has 19 heavy (non-hydrogen) atoms. The second kappa shape index (κ2) is 5.73. The van der Waals surface area contributed by atoms with Crippen LogP contribution in [-0.2, 0) is 9.59 Å². The molecule has 1 atom stereocenters. The van der Waals surface area contributed by atoms with Crippen molar-refractivity contribution in [3.8, 4) is 5.75 Å². The van der Waals surface area contributed by atoms with E-state index in [2.05, 4.69) is 5.32 Å². The second-order valence-electron chi connectivity index (χ2n) is 4.82. The molecule has 5 heteroatoms. The highest BCUT2D eigenvalue weighted by Crippen LogP contribution is 2.37. The molecule has 2 rings (SSSR count). The van der Waals surface area contributed by atoms with Crippen LogP contribution in [0.4, 0.5) is 5.69 Å². The molecule has 102 valence electrons. The zero-order valence-corrected chi connectivity index (χ0v) is 10.8. The number of anilines is 1. The number of benzene rings is 1. The summed E-state index contributed by atoms with van der Waals surface area (Å²) in [5, 5.41) is 11.3. The van der Waals surface area contributed by atoms with Crippen LogP contribution in [-0.4, -0.2) is 23.6 Å². The third-order valence-electron chi connectivity index (χ3n) is 3.23. The third kappa shape index (κ3) is 3.98. The number of ether oxygens (including phenoxy) is 1. The van der Waals surface area contributed by atoms with Crippen LogP contribution in [0.2, 0.25) is 0 Å². The SMILES string of the molecule is CC(C(=O)Nc1ccc(OCC(=O)O)cc1)C1CC1. The molecule has 0 saturated heterocycles. The average molecular weight is 263 g/mol. The minimum atomic E-state index is -1.02. The predicted octanol–water partition coefficient (Wildman–Crippen LogP) is 2.13. The van der Waals surface area contributed by atoms with Gasteiger partial charge in [0, 0.05) is 11.6 Å². The fourth-order valence-electron chi connectivity index (χ4n) is 1.85. The lowest BCUT2D eigenvalue weighted by Crippen LogP contribution is -2.21. The second-order valence-corrected chi connectivity index (χ2v) is 4.82. The Morgan fingerprint density at radius 3 is 2.53 bits per heavy atom. The number of carbonyl (C=O) groups excluding carboxylic acids is 1. The number of rotatable bonds is 6. The van der Waals surface area contributed by atoms with Crippen molar-refractivity contribution in [1.29, 1.82) is 0 Å². The number of carboxylic acids is 1. The van der Waals surface area contributed by atoms with E-state index < -0.39 is 5.97 Å². The zero-order chi connectivity index (χ0) is 13.8. The summed E-state index contributed by atoms with van der Waals surface area (Å²) >= 11 is 0. The topological polar surface area (TPSA) is 75.6 Å². The fourth-order valence-corrected chi connectivity index (χ4v) is 1.85. The van der Waals surface area contributed by atoms with Gasteiger partial charge in [0.05, 0.1) is 0 Å². The highest BCUT2D eigenvalue weighted by atomic mass is 16.5. The summed E-state index contributed by atoms with van der Waals surface area (Å²) < 4.78 is 5.01. The number of hydrogen-bond donors (Lipinski definition) is 2. The standard InChI is InChI=1S/C14H17NO4/c1-9(10-2-3-10)14(18)15-11-4-6-12(7-5-11)19-8-13(16)17/h4-7,9-10H,2-3,8H2,1H3,(H,15,18)(H,16,17). The Morgan fingerprint density at radius 1 is 1.37 bits per heavy atom. The van der Waals surface area contributed by atoms with E-state index in [1.807, 2.05) is 6.92 Å². The molecule has 0 heterocycles. The summed E-state index contributed by atoms with van der Waals surface area (Å²) in [6.45, 7) is 1.57. The molecule has 1 aromatic rings. The van der Waals surface area contributed by atoms with Crippen molar-refractivity contribution in [2.24, 2.45) is 11.8 Å². The Hall–Kier alpha value is -2.04. The molecule has 1 amide bonds. The summed E-state index contributed by atoms with van der Waals surface area (Å²) in [5.74, 6) is 0.0501. The number of carbonyl (C=O) groups is 2. The van der Waals surface area contributed by atoms with Gasteiger partial charge in [-0.05, 0) is 43.0 Å². The van der Waals surface area contributed by atoms with Gasteiger partial charge in [0.15, 0.2) is 6.61 Å². The number of carboxylic acid groups (broad SMARTS) is 1. The number of hydrogen-bond acceptors (Lipinski definition) is 3. The molecule has 1 saturated carbocycles. The molecule has 0 aliphatic heterocycles. The van der Waals surface area contributed by atoms with E-state index in [0.29, 0.717) is 17.4 Å². The van der Waals surface area contributed by atoms with Crippen LogP contribution in [0.1, 0.15) is 19.8 Å². The molecule has 5 nitrogen and oxygen atoms in total. The molecule has 0 aromatic heterocycles. The monoisotopic (exact) mass is 263 g/mol. The number of amides is 1. The van der Waals surface area contributed by atoms with Gasteiger partial charge < -0.3 is 15.2 Å². The van der Waals surface area contributed by atoms with E-state index in [1.54, 1.807) is 24.3 Å². The first kappa shape index (κ1) is 13.4. The largest absolute Gasteiger partial charge is 0.482 e. The number of aliphatic carboxylic acids is 1. The van der Waals surface area contributed by atoms with Crippen molar-refractivity contribution in [1.82, 2.24) is 0 Å². The van der Waals surface area contributed by atoms with Crippen molar-refractivity contribution >= 4 is 17.6 Å². The minimum absolute atomic E-state index is 0.0294. The Morgan fingerprint density at radius 2 is 2.00 bits per heavy atom. The van der Waals surface area contributed by atoms with E-state index in [0.717, 1.165) is 12.8 Å². The first-order valence-corrected chi connectivity index (χ1v) is 6.32. The molecule has 1 aliphatic rings. The van der Waals surface area contributed by atoms with Crippen LogP contribution in [0.25, 0.3) is 0 Å². The van der Waals surface area contributed by atoms with E-state index in [-0.39, 0.29) is 18.4 Å². The van der Waals surface area contributed by atoms with E-state index in [1.165, 1.54) is 0 Å². The smallest absolute Gasteiger partial charge is 0.341 e. The Labute approximate surface area is 111 Å². The fraction of sp³-hybridized carbons (Fsp3) is 0.429. The Bertz CT molecular complexity index is 465. The summed E-state index contributed by atoms with van der Waals surface area (Å²) in [5.41, 5.74) is 0.695. The lowest BCUT2D eigenvalue weighted by atomic mass is 10.1. The van der Waals surface area contributed by atoms with Crippen molar-refractivity contribution < 1.29 is 19.4 Å². The minimum Gasteiger partial charge on any atom is -0.482 e. The zero-order valence-electron chi connectivity index (χ0n) is 10.8. The van der Waals surface area contributed by atoms with Gasteiger partial charge in [-0.15, -0.1) is 0 Å². The van der Waals surface area contributed by atoms with Gasteiger partial charge in [0.25, 0.3) is 0 Å². The van der Waals surface area contributed by atoms with E-state index >= 15 is 0 Å². The first-order chi connectivity index (χ1) is 9.06. The van der Waals surface area contributed by atoms with Crippen molar-refractivity contribution in [2.75, 3.05) is 11.9 Å². The van der Waals surface area contributed by atoms with Gasteiger partial charge in [0.1, 0.15) is 5.75 Å². The van der Waals surface area contributed by atoms with Crippen LogP contribution >= 0.6 is 0 Å². The maximum Gasteiger partial charge on any atom is 0.341 e. The van der Waals surface area contributed by atoms with Crippen molar-refractivity contribution in [3.63, 3.8) is 0 Å². The van der Waals surface area contributed by atoms with Crippen LogP contribution < -0.4 is 10.1 Å².